The third-order valence-electron chi connectivity index (χ3n) is 19.1. The summed E-state index contributed by atoms with van der Waals surface area (Å²) in [5, 5.41) is 54.9. The fourth-order valence-electron chi connectivity index (χ4n) is 12.6. The zero-order valence-electron chi connectivity index (χ0n) is 61.4. The highest BCUT2D eigenvalue weighted by Gasteiger charge is 2.49. The molecule has 0 saturated carbocycles. The van der Waals surface area contributed by atoms with E-state index in [4.69, 9.17) is 25.8 Å². The van der Waals surface area contributed by atoms with Gasteiger partial charge < -0.3 is 83.2 Å². The quantitative estimate of drug-likeness (QED) is 0.0405. The SMILES string of the molecule is CNC(C)C(=O)NC(C(=O)N1CC2CC1C(=O)NC(Cc1ccccc1)C(=O)NC(C(=O)O)Cc1ccc(cc1)OCC(N=N)=C[NH2+]C1CC(C(=O)NC(Cc3ccc4ccccc4c3)C(=O)NC(C(=O)O)Cc3ccc(cc3)OCC(=NN)C=N2)N(C(=O)C(NC(=O)C(C)NC)C(C)(C)C)C1)C(C)(C)C. The van der Waals surface area contributed by atoms with Crippen molar-refractivity contribution in [2.24, 2.45) is 31.9 Å². The first kappa shape index (κ1) is 80.7. The first-order valence-electron chi connectivity index (χ1n) is 35.3. The molecule has 5 aromatic rings. The number of likely N-dealkylation sites (tertiary alicyclic amines) is 2. The van der Waals surface area contributed by atoms with Crippen LogP contribution in [0, 0.1) is 16.4 Å². The number of carbonyl (C=O) groups excluding carboxylic acids is 8. The summed E-state index contributed by atoms with van der Waals surface area (Å²) in [5.41, 5.74) is 8.75. The molecule has 30 heteroatoms. The number of hydrogen-bond donors (Lipinski definition) is 13. The average Bonchev–Trinajstić information content (AvgIpc) is 1.63. The van der Waals surface area contributed by atoms with Gasteiger partial charge in [0, 0.05) is 51.3 Å². The van der Waals surface area contributed by atoms with Crippen molar-refractivity contribution in [2.45, 2.75) is 166 Å². The Kier molecular flexibility index (Phi) is 27.9. The Morgan fingerprint density at radius 1 is 0.613 bits per heavy atom. The number of hydrazone groups is 1. The monoisotopic (exact) mass is 1460 g/mol. The van der Waals surface area contributed by atoms with Crippen LogP contribution in [0.4, 0.5) is 0 Å². The molecule has 5 aromatic carbocycles. The molecule has 0 spiro atoms. The van der Waals surface area contributed by atoms with Crippen LogP contribution in [-0.2, 0) is 73.6 Å². The van der Waals surface area contributed by atoms with Gasteiger partial charge in [0.15, 0.2) is 5.70 Å². The van der Waals surface area contributed by atoms with Crippen molar-refractivity contribution in [3.05, 3.63) is 155 Å². The third kappa shape index (κ3) is 22.0. The number of benzene rings is 5. The molecule has 6 heterocycles. The molecule has 0 aromatic heterocycles. The summed E-state index contributed by atoms with van der Waals surface area (Å²) < 4.78 is 12.1. The summed E-state index contributed by atoms with van der Waals surface area (Å²) in [6, 6.07) is 21.0. The Bertz CT molecular complexity index is 4090. The molecule has 6 aliphatic rings. The predicted molar refractivity (Wildman–Crippen MR) is 395 cm³/mol. The van der Waals surface area contributed by atoms with E-state index in [1.807, 2.05) is 36.4 Å². The van der Waals surface area contributed by atoms with E-state index in [0.717, 1.165) is 10.8 Å². The summed E-state index contributed by atoms with van der Waals surface area (Å²) in [4.78, 5) is 150. The minimum Gasteiger partial charge on any atom is -0.487 e. The molecule has 12 unspecified atom stereocenters. The highest BCUT2D eigenvalue weighted by atomic mass is 16.5. The number of amides is 8. The molecule has 106 heavy (non-hydrogen) atoms. The molecule has 6 aliphatic heterocycles. The van der Waals surface area contributed by atoms with Crippen molar-refractivity contribution in [1.82, 2.24) is 52.3 Å². The van der Waals surface area contributed by atoms with Crippen LogP contribution >= 0.6 is 0 Å². The predicted octanol–water partition coefficient (Wildman–Crippen LogP) is 2.03. The standard InChI is InChI=1S/C76H98N16O14/c1-43(79-9)65(93)87-63(75(3,4)5)71(99)91-39-51-35-61(91)69(97)83-57(31-45-16-12-11-13-17-45)67(95)85-59(73(101)102)32-46-21-26-55(27-22-46)105-42-54(90-78)38-82-52-36-62(92(40-52)72(100)64(76(6,7)8)88-66(94)44(2)80-10)70(98)84-58(34-48-20-25-49-18-14-15-19-50(49)30-48)68(96)86-60(74(103)104)33-47-23-28-56(29-24-47)106-41-53(89-77)37-81-51/h11-30,37-38,43-44,51-52,57-64,78-80,82H,31-36,39-42,77H2,1-10H3,(H,83,97)(H,84,98)(H,85,95)(H,86,96)(H,87,93)(H,88,94)(H,101,102)(H,103,104)/p+1. The fraction of sp³-hybridized carbons (Fsp3) is 0.447. The van der Waals surface area contributed by atoms with Gasteiger partial charge in [-0.2, -0.15) is 10.2 Å². The van der Waals surface area contributed by atoms with Crippen LogP contribution < -0.4 is 63.2 Å². The van der Waals surface area contributed by atoms with E-state index in [1.165, 1.54) is 22.2 Å². The molecule has 0 aliphatic carbocycles. The topological polar surface area (TPSA) is 436 Å². The molecule has 8 amide bonds. The molecule has 12 atom stereocenters. The smallest absolute Gasteiger partial charge is 0.326 e. The second-order valence-electron chi connectivity index (χ2n) is 29.2. The molecular weight excluding hydrogens is 1360 g/mol. The minimum atomic E-state index is -1.53. The van der Waals surface area contributed by atoms with Crippen LogP contribution in [0.5, 0.6) is 11.5 Å². The molecule has 0 radical (unpaired) electrons. The van der Waals surface area contributed by atoms with Crippen molar-refractivity contribution in [3.8, 4) is 11.5 Å². The number of nitrogens with zero attached hydrogens (tertiary/aromatic N) is 5. The lowest BCUT2D eigenvalue weighted by atomic mass is 9.85. The number of rotatable bonds is 15. The van der Waals surface area contributed by atoms with Crippen LogP contribution in [0.15, 0.2) is 148 Å². The summed E-state index contributed by atoms with van der Waals surface area (Å²) in [6.07, 6.45) is 2.12. The van der Waals surface area contributed by atoms with Gasteiger partial charge in [0.2, 0.25) is 47.3 Å². The molecule has 2 fully saturated rings. The zero-order chi connectivity index (χ0) is 77.2. The van der Waals surface area contributed by atoms with Crippen molar-refractivity contribution in [1.29, 1.82) is 5.53 Å². The van der Waals surface area contributed by atoms with Gasteiger partial charge in [-0.25, -0.2) is 15.1 Å². The number of fused-ring (bicyclic) bond motifs is 1. The molecule has 566 valence electrons. The zero-order valence-corrected chi connectivity index (χ0v) is 61.4. The number of ether oxygens (including phenoxy) is 2. The maximum atomic E-state index is 15.2. The number of aliphatic imine (C=N–C) groups is 1. The van der Waals surface area contributed by atoms with E-state index < -0.39 is 143 Å². The highest BCUT2D eigenvalue weighted by Crippen LogP contribution is 2.30. The van der Waals surface area contributed by atoms with Crippen LogP contribution in [-0.4, -0.2) is 204 Å². The van der Waals surface area contributed by atoms with Gasteiger partial charge in [0.1, 0.15) is 91.0 Å². The van der Waals surface area contributed by atoms with Gasteiger partial charge in [-0.3, -0.25) is 43.3 Å². The van der Waals surface area contributed by atoms with Crippen LogP contribution in [0.25, 0.3) is 10.8 Å². The summed E-state index contributed by atoms with van der Waals surface area (Å²) in [5.74, 6) is -1.61. The number of likely N-dealkylation sites (N-methyl/N-ethyl adjacent to an activating group) is 2. The van der Waals surface area contributed by atoms with E-state index in [9.17, 15) is 48.6 Å². The molecule has 15 N–H and O–H groups in total. The van der Waals surface area contributed by atoms with Crippen molar-refractivity contribution >= 4 is 81.9 Å². The number of carboxylic acids is 2. The van der Waals surface area contributed by atoms with E-state index in [0.29, 0.717) is 33.8 Å². The Hall–Kier alpha value is -11.0. The number of carboxylic acid groups (broad SMARTS) is 2. The largest absolute Gasteiger partial charge is 0.487 e. The first-order chi connectivity index (χ1) is 50.4. The van der Waals surface area contributed by atoms with Crippen LogP contribution in [0.3, 0.4) is 0 Å². The Labute approximate surface area is 615 Å². The number of quaternary nitrogens is 1. The van der Waals surface area contributed by atoms with Crippen molar-refractivity contribution in [3.63, 3.8) is 0 Å². The second kappa shape index (κ2) is 36.6. The van der Waals surface area contributed by atoms with E-state index in [2.05, 4.69) is 52.7 Å². The third-order valence-corrected chi connectivity index (χ3v) is 19.1. The number of aliphatic carboxylic acids is 2. The molecule has 11 rings (SSSR count). The maximum absolute atomic E-state index is 15.2. The lowest BCUT2D eigenvalue weighted by molar-refractivity contribution is -0.623. The average molecular weight is 1460 g/mol. The fourth-order valence-corrected chi connectivity index (χ4v) is 12.6. The Morgan fingerprint density at radius 2 is 1.08 bits per heavy atom. The van der Waals surface area contributed by atoms with Gasteiger partial charge >= 0.3 is 11.9 Å². The minimum absolute atomic E-state index is 0.00445. The van der Waals surface area contributed by atoms with E-state index in [-0.39, 0.29) is 76.2 Å². The Balaban J connectivity index is 1.14. The van der Waals surface area contributed by atoms with E-state index >= 15 is 9.59 Å². The molecule has 8 bridgehead atoms. The number of nitrogens with two attached hydrogens (primary N) is 2. The van der Waals surface area contributed by atoms with Gasteiger partial charge in [-0.1, -0.05) is 139 Å². The lowest BCUT2D eigenvalue weighted by Gasteiger charge is -2.36. The van der Waals surface area contributed by atoms with Crippen LogP contribution in [0.2, 0.25) is 0 Å². The summed E-state index contributed by atoms with van der Waals surface area (Å²) >= 11 is 0. The van der Waals surface area contributed by atoms with Crippen LogP contribution in [0.1, 0.15) is 90.5 Å². The molecule has 2 saturated heterocycles. The summed E-state index contributed by atoms with van der Waals surface area (Å²) in [7, 11) is 3.19. The van der Waals surface area contributed by atoms with Crippen molar-refractivity contribution < 1.29 is 72.9 Å². The van der Waals surface area contributed by atoms with Gasteiger partial charge in [-0.15, -0.1) is 0 Å². The first-order valence-corrected chi connectivity index (χ1v) is 35.3. The maximum Gasteiger partial charge on any atom is 0.326 e. The van der Waals surface area contributed by atoms with Crippen molar-refractivity contribution in [2.75, 3.05) is 40.4 Å². The highest BCUT2D eigenvalue weighted by molar-refractivity contribution is 6.31. The number of hydrogen-bond acceptors (Lipinski definition) is 19. The molecular formula is C76H99N16O14+. The van der Waals surface area contributed by atoms with Gasteiger partial charge in [0.05, 0.1) is 24.7 Å². The Morgan fingerprint density at radius 3 is 1.57 bits per heavy atom. The summed E-state index contributed by atoms with van der Waals surface area (Å²) in [6.45, 7) is 13.2. The number of carbonyl (C=O) groups is 10. The normalized spacial score (nSPS) is 22.8. The molecule has 30 nitrogen and oxygen atoms in total. The number of nitrogens with one attached hydrogen (secondary N) is 9. The van der Waals surface area contributed by atoms with Gasteiger partial charge in [0.25, 0.3) is 0 Å². The second-order valence-corrected chi connectivity index (χ2v) is 29.2. The lowest BCUT2D eigenvalue weighted by Crippen LogP contribution is -2.85. The van der Waals surface area contributed by atoms with E-state index in [1.54, 1.807) is 160 Å². The van der Waals surface area contributed by atoms with Gasteiger partial charge in [-0.05, 0) is 96.1 Å².